The van der Waals surface area contributed by atoms with E-state index in [-0.39, 0.29) is 12.4 Å². The molecule has 1 aromatic rings. The van der Waals surface area contributed by atoms with Crippen molar-refractivity contribution in [1.82, 2.24) is 5.32 Å². The maximum Gasteiger partial charge on any atom is 0.133 e. The Labute approximate surface area is 103 Å². The van der Waals surface area contributed by atoms with Crippen LogP contribution in [0, 0.1) is 5.82 Å². The molecular weight excluding hydrogens is 277 g/mol. The molecule has 0 aliphatic rings. The molecule has 0 bridgehead atoms. The second-order valence-electron chi connectivity index (χ2n) is 3.35. The van der Waals surface area contributed by atoms with Crippen molar-refractivity contribution < 1.29 is 14.2 Å². The topological polar surface area (TPSA) is 41.5 Å². The molecular formula is C11H15BrFNO2. The highest BCUT2D eigenvalue weighted by molar-refractivity contribution is 9.10. The zero-order valence-electron chi connectivity index (χ0n) is 9.04. The van der Waals surface area contributed by atoms with Crippen LogP contribution in [0.15, 0.2) is 22.7 Å². The van der Waals surface area contributed by atoms with Gasteiger partial charge in [0.05, 0.1) is 4.47 Å². The lowest BCUT2D eigenvalue weighted by Crippen LogP contribution is -2.31. The van der Waals surface area contributed by atoms with Crippen molar-refractivity contribution >= 4 is 15.9 Å². The van der Waals surface area contributed by atoms with Gasteiger partial charge < -0.3 is 15.2 Å². The van der Waals surface area contributed by atoms with Crippen molar-refractivity contribution in [3.63, 3.8) is 0 Å². The van der Waals surface area contributed by atoms with Crippen molar-refractivity contribution in [2.24, 2.45) is 0 Å². The Morgan fingerprint density at radius 2 is 2.31 bits per heavy atom. The predicted molar refractivity (Wildman–Crippen MR) is 64.1 cm³/mol. The van der Waals surface area contributed by atoms with Crippen molar-refractivity contribution in [2.45, 2.75) is 13.0 Å². The molecule has 0 aliphatic carbocycles. The molecule has 0 spiro atoms. The molecule has 0 heterocycles. The van der Waals surface area contributed by atoms with E-state index >= 15 is 0 Å². The number of nitrogens with one attached hydrogen (secondary N) is 1. The van der Waals surface area contributed by atoms with Crippen molar-refractivity contribution in [1.29, 1.82) is 0 Å². The molecule has 0 amide bonds. The van der Waals surface area contributed by atoms with Crippen LogP contribution < -0.4 is 10.1 Å². The molecule has 16 heavy (non-hydrogen) atoms. The Balaban J connectivity index is 2.42. The van der Waals surface area contributed by atoms with E-state index in [0.717, 1.165) is 6.54 Å². The fourth-order valence-corrected chi connectivity index (χ4v) is 1.61. The van der Waals surface area contributed by atoms with Crippen molar-refractivity contribution in [3.05, 3.63) is 28.5 Å². The number of aliphatic hydroxyl groups excluding tert-OH is 1. The van der Waals surface area contributed by atoms with Crippen LogP contribution in [0.25, 0.3) is 0 Å². The molecule has 0 saturated carbocycles. The summed E-state index contributed by atoms with van der Waals surface area (Å²) in [4.78, 5) is 0. The number of likely N-dealkylation sites (N-methyl/N-ethyl adjacent to an activating group) is 1. The van der Waals surface area contributed by atoms with Gasteiger partial charge >= 0.3 is 0 Å². The highest BCUT2D eigenvalue weighted by atomic mass is 79.9. The summed E-state index contributed by atoms with van der Waals surface area (Å²) in [6.45, 7) is 3.42. The van der Waals surface area contributed by atoms with Gasteiger partial charge in [0.2, 0.25) is 0 Å². The zero-order chi connectivity index (χ0) is 12.0. The molecule has 2 N–H and O–H groups in total. The van der Waals surface area contributed by atoms with E-state index in [9.17, 15) is 9.50 Å². The van der Waals surface area contributed by atoms with Crippen LogP contribution in [-0.2, 0) is 0 Å². The number of rotatable bonds is 6. The molecule has 90 valence electrons. The smallest absolute Gasteiger partial charge is 0.133 e. The van der Waals surface area contributed by atoms with Crippen LogP contribution in [0.4, 0.5) is 4.39 Å². The number of ether oxygens (including phenoxy) is 1. The molecule has 1 atom stereocenters. The van der Waals surface area contributed by atoms with Gasteiger partial charge in [-0.05, 0) is 40.7 Å². The Kier molecular flexibility index (Phi) is 5.73. The maximum atomic E-state index is 12.8. The van der Waals surface area contributed by atoms with Gasteiger partial charge in [-0.15, -0.1) is 0 Å². The lowest BCUT2D eigenvalue weighted by molar-refractivity contribution is 0.106. The van der Waals surface area contributed by atoms with Gasteiger partial charge in [-0.1, -0.05) is 6.92 Å². The second-order valence-corrected chi connectivity index (χ2v) is 4.20. The van der Waals surface area contributed by atoms with Crippen molar-refractivity contribution in [2.75, 3.05) is 19.7 Å². The van der Waals surface area contributed by atoms with Crippen LogP contribution in [0.5, 0.6) is 5.75 Å². The van der Waals surface area contributed by atoms with Crippen LogP contribution in [0.1, 0.15) is 6.92 Å². The lowest BCUT2D eigenvalue weighted by Gasteiger charge is -2.13. The lowest BCUT2D eigenvalue weighted by atomic mass is 10.3. The summed E-state index contributed by atoms with van der Waals surface area (Å²) in [5.74, 6) is 0.198. The fraction of sp³-hybridized carbons (Fsp3) is 0.455. The molecule has 3 nitrogen and oxygen atoms in total. The van der Waals surface area contributed by atoms with Crippen LogP contribution in [0.2, 0.25) is 0 Å². The van der Waals surface area contributed by atoms with Gasteiger partial charge in [-0.3, -0.25) is 0 Å². The summed E-state index contributed by atoms with van der Waals surface area (Å²) < 4.78 is 18.7. The first-order valence-electron chi connectivity index (χ1n) is 5.10. The van der Waals surface area contributed by atoms with E-state index in [1.165, 1.54) is 18.2 Å². The highest BCUT2D eigenvalue weighted by Gasteiger charge is 2.07. The summed E-state index contributed by atoms with van der Waals surface area (Å²) >= 11 is 3.19. The molecule has 0 fully saturated rings. The van der Waals surface area contributed by atoms with Crippen LogP contribution >= 0.6 is 15.9 Å². The Hall–Kier alpha value is -0.650. The average molecular weight is 292 g/mol. The molecule has 0 saturated heterocycles. The zero-order valence-corrected chi connectivity index (χ0v) is 10.6. The van der Waals surface area contributed by atoms with Gasteiger partial charge in [-0.2, -0.15) is 0 Å². The minimum Gasteiger partial charge on any atom is -0.490 e. The van der Waals surface area contributed by atoms with Gasteiger partial charge in [0.25, 0.3) is 0 Å². The third-order valence-electron chi connectivity index (χ3n) is 1.96. The summed E-state index contributed by atoms with van der Waals surface area (Å²) in [6.07, 6.45) is -0.572. The summed E-state index contributed by atoms with van der Waals surface area (Å²) in [5, 5.41) is 12.5. The number of hydrogen-bond acceptors (Lipinski definition) is 3. The summed E-state index contributed by atoms with van der Waals surface area (Å²) in [7, 11) is 0. The molecule has 1 unspecified atom stereocenters. The van der Waals surface area contributed by atoms with E-state index in [4.69, 9.17) is 4.74 Å². The minimum atomic E-state index is -0.572. The Morgan fingerprint density at radius 3 is 2.94 bits per heavy atom. The second kappa shape index (κ2) is 6.83. The van der Waals surface area contributed by atoms with E-state index < -0.39 is 6.10 Å². The highest BCUT2D eigenvalue weighted by Crippen LogP contribution is 2.25. The fourth-order valence-electron chi connectivity index (χ4n) is 1.15. The number of halogens is 2. The third kappa shape index (κ3) is 4.47. The van der Waals surface area contributed by atoms with Crippen LogP contribution in [0.3, 0.4) is 0 Å². The molecule has 0 radical (unpaired) electrons. The van der Waals surface area contributed by atoms with Gasteiger partial charge in [0.1, 0.15) is 24.3 Å². The first kappa shape index (κ1) is 13.4. The SMILES string of the molecule is CCNCC(O)COc1ccc(F)cc1Br. The number of aliphatic hydroxyl groups is 1. The maximum absolute atomic E-state index is 12.8. The number of hydrogen-bond donors (Lipinski definition) is 2. The summed E-state index contributed by atoms with van der Waals surface area (Å²) in [6, 6.07) is 4.17. The molecule has 1 aromatic carbocycles. The first-order chi connectivity index (χ1) is 7.63. The molecule has 5 heteroatoms. The number of benzene rings is 1. The van der Waals surface area contributed by atoms with Crippen molar-refractivity contribution in [3.8, 4) is 5.75 Å². The van der Waals surface area contributed by atoms with Gasteiger partial charge in [0, 0.05) is 6.54 Å². The van der Waals surface area contributed by atoms with E-state index in [2.05, 4.69) is 21.2 Å². The average Bonchev–Trinajstić information content (AvgIpc) is 2.25. The predicted octanol–water partition coefficient (Wildman–Crippen LogP) is 1.94. The van der Waals surface area contributed by atoms with E-state index in [1.54, 1.807) is 0 Å². The first-order valence-corrected chi connectivity index (χ1v) is 5.89. The minimum absolute atomic E-state index is 0.178. The third-order valence-corrected chi connectivity index (χ3v) is 2.57. The quantitative estimate of drug-likeness (QED) is 0.842. The standard InChI is InChI=1S/C11H15BrFNO2/c1-2-14-6-9(15)7-16-11-4-3-8(13)5-10(11)12/h3-5,9,14-15H,2,6-7H2,1H3. The Bertz CT molecular complexity index is 336. The monoisotopic (exact) mass is 291 g/mol. The summed E-state index contributed by atoms with van der Waals surface area (Å²) in [5.41, 5.74) is 0. The molecule has 1 rings (SSSR count). The Morgan fingerprint density at radius 1 is 1.56 bits per heavy atom. The van der Waals surface area contributed by atoms with E-state index in [0.29, 0.717) is 16.8 Å². The largest absolute Gasteiger partial charge is 0.490 e. The molecule has 0 aromatic heterocycles. The van der Waals surface area contributed by atoms with Gasteiger partial charge in [0.15, 0.2) is 0 Å². The van der Waals surface area contributed by atoms with E-state index in [1.807, 2.05) is 6.92 Å². The molecule has 0 aliphatic heterocycles. The normalized spacial score (nSPS) is 12.5. The van der Waals surface area contributed by atoms with Gasteiger partial charge in [-0.25, -0.2) is 4.39 Å². The van der Waals surface area contributed by atoms with Crippen LogP contribution in [-0.4, -0.2) is 30.9 Å².